The van der Waals surface area contributed by atoms with Gasteiger partial charge >= 0.3 is 0 Å². The first-order valence-electron chi connectivity index (χ1n) is 7.60. The van der Waals surface area contributed by atoms with Crippen LogP contribution in [0.15, 0.2) is 48.8 Å². The molecule has 1 aromatic heterocycles. The van der Waals surface area contributed by atoms with Gasteiger partial charge in [-0.1, -0.05) is 18.2 Å². The van der Waals surface area contributed by atoms with Gasteiger partial charge in [0.05, 0.1) is 23.8 Å². The Morgan fingerprint density at radius 1 is 0.952 bits per heavy atom. The molecule has 1 fully saturated rings. The molecule has 1 aliphatic rings. The molecule has 2 heterocycles. The van der Waals surface area contributed by atoms with Crippen LogP contribution >= 0.6 is 0 Å². The Kier molecular flexibility index (Phi) is 4.24. The van der Waals surface area contributed by atoms with Crippen LogP contribution in [0.25, 0.3) is 0 Å². The maximum atomic E-state index is 4.34. The van der Waals surface area contributed by atoms with Crippen LogP contribution in [-0.2, 0) is 0 Å². The smallest absolute Gasteiger partial charge is 0.0574 e. The zero-order valence-corrected chi connectivity index (χ0v) is 12.5. The first kappa shape index (κ1) is 13.7. The summed E-state index contributed by atoms with van der Waals surface area (Å²) >= 11 is 0. The molecule has 3 rings (SSSR count). The van der Waals surface area contributed by atoms with Gasteiger partial charge in [-0.05, 0) is 25.1 Å². The standard InChI is InChI=1S/C17H22N4/c1-2-19-15-12-17(14-18-13-15)21-10-8-20(9-11-21)16-6-4-3-5-7-16/h3-7,12-14,19H,2,8-11H2,1H3. The fourth-order valence-corrected chi connectivity index (χ4v) is 2.76. The van der Waals surface area contributed by atoms with Crippen LogP contribution in [0.3, 0.4) is 0 Å². The predicted molar refractivity (Wildman–Crippen MR) is 89.3 cm³/mol. The molecule has 0 atom stereocenters. The van der Waals surface area contributed by atoms with Gasteiger partial charge in [0.2, 0.25) is 0 Å². The van der Waals surface area contributed by atoms with Crippen LogP contribution in [0.1, 0.15) is 6.92 Å². The number of benzene rings is 1. The molecule has 110 valence electrons. The molecule has 4 heteroatoms. The summed E-state index contributed by atoms with van der Waals surface area (Å²) in [5.41, 5.74) is 3.62. The lowest BCUT2D eigenvalue weighted by Gasteiger charge is -2.37. The minimum Gasteiger partial charge on any atom is -0.384 e. The second kappa shape index (κ2) is 6.48. The molecule has 0 unspecified atom stereocenters. The van der Waals surface area contributed by atoms with E-state index in [0.717, 1.165) is 38.4 Å². The summed E-state index contributed by atoms with van der Waals surface area (Å²) in [5.74, 6) is 0. The molecule has 0 aliphatic carbocycles. The molecule has 0 bridgehead atoms. The third kappa shape index (κ3) is 3.27. The van der Waals surface area contributed by atoms with E-state index in [9.17, 15) is 0 Å². The number of rotatable bonds is 4. The minimum absolute atomic E-state index is 0.924. The third-order valence-electron chi connectivity index (χ3n) is 3.87. The summed E-state index contributed by atoms with van der Waals surface area (Å²) in [5, 5.41) is 3.32. The van der Waals surface area contributed by atoms with Crippen molar-refractivity contribution in [2.75, 3.05) is 47.8 Å². The van der Waals surface area contributed by atoms with E-state index in [1.165, 1.54) is 11.4 Å². The van der Waals surface area contributed by atoms with E-state index in [2.05, 4.69) is 63.4 Å². The van der Waals surface area contributed by atoms with Crippen molar-refractivity contribution in [2.45, 2.75) is 6.92 Å². The quantitative estimate of drug-likeness (QED) is 0.934. The number of nitrogens with zero attached hydrogens (tertiary/aromatic N) is 3. The maximum absolute atomic E-state index is 4.34. The molecule has 21 heavy (non-hydrogen) atoms. The van der Waals surface area contributed by atoms with Crippen molar-refractivity contribution >= 4 is 17.1 Å². The van der Waals surface area contributed by atoms with Gasteiger partial charge in [0.15, 0.2) is 0 Å². The monoisotopic (exact) mass is 282 g/mol. The second-order valence-electron chi connectivity index (χ2n) is 5.27. The highest BCUT2D eigenvalue weighted by Crippen LogP contribution is 2.21. The van der Waals surface area contributed by atoms with E-state index in [0.29, 0.717) is 0 Å². The molecule has 1 saturated heterocycles. The van der Waals surface area contributed by atoms with Gasteiger partial charge in [0.1, 0.15) is 0 Å². The number of nitrogens with one attached hydrogen (secondary N) is 1. The van der Waals surface area contributed by atoms with E-state index < -0.39 is 0 Å². The molecule has 0 saturated carbocycles. The van der Waals surface area contributed by atoms with Crippen molar-refractivity contribution in [1.82, 2.24) is 4.98 Å². The minimum atomic E-state index is 0.924. The van der Waals surface area contributed by atoms with Crippen molar-refractivity contribution in [3.63, 3.8) is 0 Å². The molecule has 1 aromatic carbocycles. The first-order valence-corrected chi connectivity index (χ1v) is 7.60. The third-order valence-corrected chi connectivity index (χ3v) is 3.87. The van der Waals surface area contributed by atoms with Crippen LogP contribution in [0.4, 0.5) is 17.1 Å². The van der Waals surface area contributed by atoms with E-state index in [-0.39, 0.29) is 0 Å². The van der Waals surface area contributed by atoms with Gasteiger partial charge in [0, 0.05) is 38.4 Å². The van der Waals surface area contributed by atoms with Gasteiger partial charge in [-0.2, -0.15) is 0 Å². The van der Waals surface area contributed by atoms with Crippen LogP contribution in [0.2, 0.25) is 0 Å². The van der Waals surface area contributed by atoms with Gasteiger partial charge in [-0.15, -0.1) is 0 Å². The van der Waals surface area contributed by atoms with Crippen molar-refractivity contribution in [2.24, 2.45) is 0 Å². The summed E-state index contributed by atoms with van der Waals surface area (Å²) in [4.78, 5) is 9.19. The molecule has 0 spiro atoms. The molecular formula is C17H22N4. The lowest BCUT2D eigenvalue weighted by molar-refractivity contribution is 0.653. The first-order chi connectivity index (χ1) is 10.4. The highest BCUT2D eigenvalue weighted by molar-refractivity contribution is 5.57. The lowest BCUT2D eigenvalue weighted by atomic mass is 10.2. The number of anilines is 3. The fourth-order valence-electron chi connectivity index (χ4n) is 2.76. The highest BCUT2D eigenvalue weighted by atomic mass is 15.3. The average Bonchev–Trinajstić information content (AvgIpc) is 2.56. The van der Waals surface area contributed by atoms with E-state index in [1.54, 1.807) is 0 Å². The number of para-hydroxylation sites is 1. The Labute approximate surface area is 126 Å². The number of hydrogen-bond donors (Lipinski definition) is 1. The summed E-state index contributed by atoms with van der Waals surface area (Å²) in [6.45, 7) is 7.20. The molecule has 1 aliphatic heterocycles. The average molecular weight is 282 g/mol. The Bertz CT molecular complexity index is 562. The van der Waals surface area contributed by atoms with Gasteiger partial charge < -0.3 is 15.1 Å². The number of aromatic nitrogens is 1. The van der Waals surface area contributed by atoms with E-state index in [1.807, 2.05) is 12.4 Å². The van der Waals surface area contributed by atoms with Gasteiger partial charge in [0.25, 0.3) is 0 Å². The maximum Gasteiger partial charge on any atom is 0.0574 e. The molecule has 0 radical (unpaired) electrons. The van der Waals surface area contributed by atoms with Crippen molar-refractivity contribution in [1.29, 1.82) is 0 Å². The number of pyridine rings is 1. The zero-order chi connectivity index (χ0) is 14.5. The summed E-state index contributed by atoms with van der Waals surface area (Å²) in [7, 11) is 0. The van der Waals surface area contributed by atoms with Crippen LogP contribution in [-0.4, -0.2) is 37.7 Å². The Morgan fingerprint density at radius 2 is 1.62 bits per heavy atom. The van der Waals surface area contributed by atoms with Crippen LogP contribution in [0.5, 0.6) is 0 Å². The SMILES string of the molecule is CCNc1cncc(N2CCN(c3ccccc3)CC2)c1. The number of hydrogen-bond acceptors (Lipinski definition) is 4. The van der Waals surface area contributed by atoms with Crippen molar-refractivity contribution in [3.05, 3.63) is 48.8 Å². The molecular weight excluding hydrogens is 260 g/mol. The Hall–Kier alpha value is -2.23. The Balaban J connectivity index is 1.64. The van der Waals surface area contributed by atoms with E-state index >= 15 is 0 Å². The van der Waals surface area contributed by atoms with Crippen LogP contribution < -0.4 is 15.1 Å². The second-order valence-corrected chi connectivity index (χ2v) is 5.27. The van der Waals surface area contributed by atoms with Crippen molar-refractivity contribution in [3.8, 4) is 0 Å². The molecule has 4 nitrogen and oxygen atoms in total. The fraction of sp³-hybridized carbons (Fsp3) is 0.353. The summed E-state index contributed by atoms with van der Waals surface area (Å²) < 4.78 is 0. The summed E-state index contributed by atoms with van der Waals surface area (Å²) in [6.07, 6.45) is 3.84. The molecule has 1 N–H and O–H groups in total. The van der Waals surface area contributed by atoms with Crippen molar-refractivity contribution < 1.29 is 0 Å². The highest BCUT2D eigenvalue weighted by Gasteiger charge is 2.17. The summed E-state index contributed by atoms with van der Waals surface area (Å²) in [6, 6.07) is 12.8. The topological polar surface area (TPSA) is 31.4 Å². The van der Waals surface area contributed by atoms with Gasteiger partial charge in [-0.25, -0.2) is 0 Å². The largest absolute Gasteiger partial charge is 0.384 e. The normalized spacial score (nSPS) is 15.1. The zero-order valence-electron chi connectivity index (χ0n) is 12.5. The van der Waals surface area contributed by atoms with Gasteiger partial charge in [-0.3, -0.25) is 4.98 Å². The molecule has 0 amide bonds. The molecule has 2 aromatic rings. The van der Waals surface area contributed by atoms with E-state index in [4.69, 9.17) is 0 Å². The van der Waals surface area contributed by atoms with Crippen LogP contribution in [0, 0.1) is 0 Å². The Morgan fingerprint density at radius 3 is 2.29 bits per heavy atom. The number of piperazine rings is 1. The lowest BCUT2D eigenvalue weighted by Crippen LogP contribution is -2.46. The predicted octanol–water partition coefficient (Wildman–Crippen LogP) is 2.84.